The molecule has 61 heavy (non-hydrogen) atoms. The van der Waals surface area contributed by atoms with Crippen LogP contribution in [-0.2, 0) is 32.4 Å². The van der Waals surface area contributed by atoms with Gasteiger partial charge in [0.15, 0.2) is 17.3 Å². The average Bonchev–Trinajstić information content (AvgIpc) is 3.88. The third-order valence-electron chi connectivity index (χ3n) is 12.8. The highest BCUT2D eigenvalue weighted by Gasteiger charge is 2.68. The number of carbonyl (C=O) groups is 4. The lowest BCUT2D eigenvalue weighted by atomic mass is 9.51. The van der Waals surface area contributed by atoms with E-state index < -0.39 is 76.3 Å². The second-order valence-corrected chi connectivity index (χ2v) is 19.0. The molecular weight excluding hydrogens is 971 g/mol. The maximum absolute atomic E-state index is 15.3. The van der Waals surface area contributed by atoms with Gasteiger partial charge in [0.05, 0.1) is 43.7 Å². The Kier molecular flexibility index (Phi) is 9.84. The van der Waals surface area contributed by atoms with Crippen LogP contribution < -0.4 is 14.6 Å². The van der Waals surface area contributed by atoms with Crippen molar-refractivity contribution < 1.29 is 42.2 Å². The molecule has 12 nitrogen and oxygen atoms in total. The molecule has 1 N–H and O–H groups in total. The number of nitrogens with zero attached hydrogens (tertiary/aromatic N) is 6. The number of fused-ring (bicyclic) bond motifs is 5. The Morgan fingerprint density at radius 2 is 1.77 bits per heavy atom. The Morgan fingerprint density at radius 3 is 2.48 bits per heavy atom. The summed E-state index contributed by atoms with van der Waals surface area (Å²) in [7, 11) is 4.29. The van der Waals surface area contributed by atoms with E-state index in [2.05, 4.69) is 4.98 Å². The summed E-state index contributed by atoms with van der Waals surface area (Å²) in [5, 5.41) is 18.7. The van der Waals surface area contributed by atoms with Crippen LogP contribution in [0.3, 0.4) is 0 Å². The molecule has 5 heterocycles. The van der Waals surface area contributed by atoms with Crippen LogP contribution in [0.4, 0.5) is 24.8 Å². The van der Waals surface area contributed by atoms with Crippen LogP contribution in [0.15, 0.2) is 60.2 Å². The van der Waals surface area contributed by atoms with E-state index in [1.54, 1.807) is 32.2 Å². The number of hydrogen-bond donors (Lipinski definition) is 1. The molecule has 2 saturated heterocycles. The highest BCUT2D eigenvalue weighted by atomic mass is 127. The van der Waals surface area contributed by atoms with E-state index in [0.717, 1.165) is 41.5 Å². The Hall–Kier alpha value is -4.72. The van der Waals surface area contributed by atoms with E-state index in [0.29, 0.717) is 31.5 Å². The molecule has 4 amide bonds. The number of phenolic OH excluding ortho intramolecular Hbond substituents is 1. The Balaban J connectivity index is 1.14. The molecule has 6 atom stereocenters. The van der Waals surface area contributed by atoms with Crippen LogP contribution >= 0.6 is 57.1 Å². The van der Waals surface area contributed by atoms with E-state index in [4.69, 9.17) is 33.0 Å². The first-order valence-electron chi connectivity index (χ1n) is 19.0. The number of ether oxygens (including phenoxy) is 1. The number of aryl methyl sites for hydroxylation is 2. The number of amides is 4. The van der Waals surface area contributed by atoms with Crippen molar-refractivity contribution in [2.75, 3.05) is 24.1 Å². The number of phenols is 1. The zero-order valence-electron chi connectivity index (χ0n) is 32.8. The number of thiophene rings is 1. The smallest absolute Gasteiger partial charge is 0.433 e. The average molecular weight is 1010 g/mol. The zero-order valence-corrected chi connectivity index (χ0v) is 37.3. The number of aromatic hydroxyl groups is 1. The predicted octanol–water partition coefficient (Wildman–Crippen LogP) is 8.93. The predicted molar refractivity (Wildman–Crippen MR) is 230 cm³/mol. The van der Waals surface area contributed by atoms with Crippen molar-refractivity contribution in [1.82, 2.24) is 19.8 Å². The number of halogens is 6. The van der Waals surface area contributed by atoms with Crippen molar-refractivity contribution in [1.29, 1.82) is 0 Å². The van der Waals surface area contributed by atoms with Crippen LogP contribution in [-0.4, -0.2) is 62.7 Å². The van der Waals surface area contributed by atoms with Crippen LogP contribution in [0.1, 0.15) is 42.5 Å². The zero-order chi connectivity index (χ0) is 43.8. The molecule has 5 aromatic rings. The minimum atomic E-state index is -4.83. The fourth-order valence-electron chi connectivity index (χ4n) is 9.94. The van der Waals surface area contributed by atoms with Crippen molar-refractivity contribution in [3.63, 3.8) is 0 Å². The number of aromatic nitrogens is 3. The summed E-state index contributed by atoms with van der Waals surface area (Å²) in [6.45, 7) is 3.69. The molecule has 9 rings (SSSR count). The molecular formula is C42H34Cl2F3IN6O6S. The van der Waals surface area contributed by atoms with Gasteiger partial charge in [0.2, 0.25) is 11.8 Å². The summed E-state index contributed by atoms with van der Waals surface area (Å²) in [6, 6.07) is 12.4. The molecule has 19 heteroatoms. The standard InChI is InChI=1S/C42H34Cl2F3IN6O6S/c1-17-22-14-19(43)6-10-29(22)61-35(17)27-16-31(51(3)50-27)53-38(57)24-15-23-20(33(41(24,2)40(53)59)18-12-26(48)34(55)28(13-18)60-5)7-8-21-32(23)39(58)54(37(21)56)52(4)36-25(44)9-11-30(49-36)42(45,46)47/h6-7,9-14,16,21,23-24,32-33,55H,8,15H2,1-5H3. The number of allylic oxidation sites excluding steroid dienone is 2. The van der Waals surface area contributed by atoms with Gasteiger partial charge in [-0.1, -0.05) is 34.9 Å². The molecule has 3 fully saturated rings. The summed E-state index contributed by atoms with van der Waals surface area (Å²) >= 11 is 16.1. The van der Waals surface area contributed by atoms with Crippen LogP contribution in [0.2, 0.25) is 10.0 Å². The van der Waals surface area contributed by atoms with E-state index in [-0.39, 0.29) is 35.2 Å². The Labute approximate surface area is 374 Å². The molecule has 0 radical (unpaired) electrons. The largest absolute Gasteiger partial charge is 0.504 e. The van der Waals surface area contributed by atoms with Crippen molar-refractivity contribution in [3.05, 3.63) is 90.6 Å². The minimum absolute atomic E-state index is 0.00735. The van der Waals surface area contributed by atoms with Crippen molar-refractivity contribution in [3.8, 4) is 22.1 Å². The molecule has 2 aliphatic carbocycles. The van der Waals surface area contributed by atoms with Gasteiger partial charge in [0.25, 0.3) is 11.8 Å². The minimum Gasteiger partial charge on any atom is -0.504 e. The van der Waals surface area contributed by atoms with Gasteiger partial charge >= 0.3 is 6.18 Å². The third kappa shape index (κ3) is 6.11. The van der Waals surface area contributed by atoms with Gasteiger partial charge in [-0.05, 0) is 114 Å². The number of methoxy groups -OCH3 is 1. The second kappa shape index (κ2) is 14.4. The number of hydrogen-bond acceptors (Lipinski definition) is 10. The lowest BCUT2D eigenvalue weighted by Crippen LogP contribution is -2.49. The first-order chi connectivity index (χ1) is 28.8. The molecule has 6 unspecified atom stereocenters. The Morgan fingerprint density at radius 1 is 1.03 bits per heavy atom. The van der Waals surface area contributed by atoms with E-state index in [9.17, 15) is 27.9 Å². The maximum atomic E-state index is 15.3. The molecule has 316 valence electrons. The number of anilines is 2. The number of carbonyl (C=O) groups excluding carboxylic acids is 4. The summed E-state index contributed by atoms with van der Waals surface area (Å²) in [4.78, 5) is 64.8. The number of hydrazine groups is 1. The van der Waals surface area contributed by atoms with Crippen LogP contribution in [0.25, 0.3) is 20.7 Å². The third-order valence-corrected chi connectivity index (χ3v) is 15.4. The fraction of sp³-hybridized carbons (Fsp3) is 0.333. The van der Waals surface area contributed by atoms with Gasteiger partial charge in [-0.15, -0.1) is 11.3 Å². The quantitative estimate of drug-likeness (QED) is 0.100. The number of imide groups is 2. The first kappa shape index (κ1) is 41.6. The monoisotopic (exact) mass is 1000 g/mol. The van der Waals surface area contributed by atoms with E-state index in [1.807, 2.05) is 53.8 Å². The lowest BCUT2D eigenvalue weighted by Gasteiger charge is -2.49. The number of pyridine rings is 1. The van der Waals surface area contributed by atoms with Gasteiger partial charge in [0.1, 0.15) is 17.2 Å². The SMILES string of the molecule is COc1cc(C2C3=CCC4C(=O)N(N(C)c5nc(C(F)(F)F)ccc5Cl)C(=O)C4C3CC3C(=O)N(c4cc(-c5sc6ccc(Cl)cc6c5C)nn4C)C(=O)C32C)cc(I)c1O. The van der Waals surface area contributed by atoms with Crippen LogP contribution in [0, 0.1) is 39.6 Å². The normalized spacial score (nSPS) is 25.0. The van der Waals surface area contributed by atoms with Crippen molar-refractivity contribution >= 4 is 102 Å². The topological polar surface area (TPSA) is 138 Å². The number of benzene rings is 2. The van der Waals surface area contributed by atoms with E-state index in [1.165, 1.54) is 30.2 Å². The summed E-state index contributed by atoms with van der Waals surface area (Å²) < 4.78 is 49.6. The molecule has 4 aliphatic rings. The van der Waals surface area contributed by atoms with Crippen LogP contribution in [0.5, 0.6) is 11.5 Å². The summed E-state index contributed by atoms with van der Waals surface area (Å²) in [5.41, 5.74) is -0.0152. The van der Waals surface area contributed by atoms with Crippen molar-refractivity contribution in [2.45, 2.75) is 38.8 Å². The van der Waals surface area contributed by atoms with Gasteiger partial charge in [0, 0.05) is 35.8 Å². The number of rotatable bonds is 6. The lowest BCUT2D eigenvalue weighted by molar-refractivity contribution is -0.141. The van der Waals surface area contributed by atoms with Gasteiger partial charge in [-0.2, -0.15) is 23.3 Å². The van der Waals surface area contributed by atoms with Gasteiger partial charge in [-0.3, -0.25) is 28.9 Å². The Bertz CT molecular complexity index is 2810. The second-order valence-electron chi connectivity index (χ2n) is 15.9. The molecule has 1 saturated carbocycles. The maximum Gasteiger partial charge on any atom is 0.433 e. The number of alkyl halides is 3. The fourth-order valence-corrected chi connectivity index (χ4v) is 12.1. The first-order valence-corrected chi connectivity index (χ1v) is 21.7. The molecule has 2 aromatic carbocycles. The highest BCUT2D eigenvalue weighted by Crippen LogP contribution is 2.64. The van der Waals surface area contributed by atoms with E-state index >= 15 is 9.59 Å². The molecule has 0 spiro atoms. The van der Waals surface area contributed by atoms with Gasteiger partial charge < -0.3 is 9.84 Å². The van der Waals surface area contributed by atoms with Gasteiger partial charge in [-0.25, -0.2) is 9.88 Å². The molecule has 2 aliphatic heterocycles. The highest BCUT2D eigenvalue weighted by molar-refractivity contribution is 14.1. The van der Waals surface area contributed by atoms with Crippen molar-refractivity contribution in [2.24, 2.45) is 36.1 Å². The summed E-state index contributed by atoms with van der Waals surface area (Å²) in [5.74, 6) is -7.16. The molecule has 0 bridgehead atoms. The molecule has 3 aromatic heterocycles. The summed E-state index contributed by atoms with van der Waals surface area (Å²) in [6.07, 6.45) is -2.91.